The number of benzene rings is 1. The van der Waals surface area contributed by atoms with Gasteiger partial charge in [-0.3, -0.25) is 14.4 Å². The van der Waals surface area contributed by atoms with Gasteiger partial charge in [0.15, 0.2) is 0 Å². The summed E-state index contributed by atoms with van der Waals surface area (Å²) in [5, 5.41) is 5.55. The van der Waals surface area contributed by atoms with Crippen molar-refractivity contribution in [3.63, 3.8) is 0 Å². The first-order valence-electron chi connectivity index (χ1n) is 9.06. The van der Waals surface area contributed by atoms with Gasteiger partial charge < -0.3 is 15.5 Å². The van der Waals surface area contributed by atoms with Crippen molar-refractivity contribution in [2.45, 2.75) is 39.2 Å². The number of rotatable bonds is 10. The van der Waals surface area contributed by atoms with E-state index in [0.717, 1.165) is 18.4 Å². The molecule has 2 rings (SSSR count). The average molecular weight is 363 g/mol. The molecule has 3 amide bonds. The third-order valence-electron chi connectivity index (χ3n) is 4.29. The van der Waals surface area contributed by atoms with Gasteiger partial charge in [-0.05, 0) is 43.9 Å². The fourth-order valence-electron chi connectivity index (χ4n) is 2.51. The van der Waals surface area contributed by atoms with Crippen molar-refractivity contribution in [1.29, 1.82) is 0 Å². The molecule has 26 heavy (non-hydrogen) atoms. The number of likely N-dealkylation sites (N-methyl/N-ethyl adjacent to an activating group) is 1. The number of nitrogens with zero attached hydrogens (tertiary/aromatic N) is 1. The molecule has 1 aliphatic carbocycles. The van der Waals surface area contributed by atoms with Gasteiger partial charge in [0.2, 0.25) is 17.7 Å². The van der Waals surface area contributed by atoms with Crippen LogP contribution in [0.15, 0.2) is 24.3 Å². The quantitative estimate of drug-likeness (QED) is 0.620. The topological polar surface area (TPSA) is 78.5 Å². The summed E-state index contributed by atoms with van der Waals surface area (Å²) < 4.78 is 12.9. The molecule has 1 fully saturated rings. The SMILES string of the molecule is CCN(CC(=O)NCc1ccc(F)cc1)C(=O)CCCNC(=O)C1CC1. The molecule has 1 aliphatic rings. The molecule has 1 aromatic rings. The van der Waals surface area contributed by atoms with Gasteiger partial charge in [0, 0.05) is 32.0 Å². The van der Waals surface area contributed by atoms with Gasteiger partial charge in [0.1, 0.15) is 5.82 Å². The van der Waals surface area contributed by atoms with Crippen molar-refractivity contribution in [3.8, 4) is 0 Å². The van der Waals surface area contributed by atoms with E-state index >= 15 is 0 Å². The zero-order valence-electron chi connectivity index (χ0n) is 15.1. The molecule has 2 N–H and O–H groups in total. The third kappa shape index (κ3) is 6.82. The molecule has 0 atom stereocenters. The first kappa shape index (κ1) is 19.9. The number of amides is 3. The van der Waals surface area contributed by atoms with Crippen molar-refractivity contribution in [2.24, 2.45) is 5.92 Å². The van der Waals surface area contributed by atoms with Crippen LogP contribution in [0.25, 0.3) is 0 Å². The van der Waals surface area contributed by atoms with Crippen molar-refractivity contribution in [2.75, 3.05) is 19.6 Å². The largest absolute Gasteiger partial charge is 0.356 e. The molecule has 0 spiro atoms. The van der Waals surface area contributed by atoms with Gasteiger partial charge in [0.05, 0.1) is 6.54 Å². The lowest BCUT2D eigenvalue weighted by Crippen LogP contribution is -2.40. The van der Waals surface area contributed by atoms with Gasteiger partial charge in [-0.2, -0.15) is 0 Å². The predicted octanol–water partition coefficient (Wildman–Crippen LogP) is 1.60. The van der Waals surface area contributed by atoms with Crippen LogP contribution in [0.3, 0.4) is 0 Å². The molecule has 1 saturated carbocycles. The van der Waals surface area contributed by atoms with Crippen molar-refractivity contribution in [1.82, 2.24) is 15.5 Å². The van der Waals surface area contributed by atoms with Gasteiger partial charge in [-0.1, -0.05) is 12.1 Å². The van der Waals surface area contributed by atoms with E-state index in [-0.39, 0.29) is 42.5 Å². The number of halogens is 1. The first-order valence-corrected chi connectivity index (χ1v) is 9.06. The predicted molar refractivity (Wildman–Crippen MR) is 95.5 cm³/mol. The van der Waals surface area contributed by atoms with Crippen LogP contribution in [0, 0.1) is 11.7 Å². The Morgan fingerprint density at radius 1 is 1.15 bits per heavy atom. The van der Waals surface area contributed by atoms with Gasteiger partial charge >= 0.3 is 0 Å². The molecule has 0 unspecified atom stereocenters. The summed E-state index contributed by atoms with van der Waals surface area (Å²) in [6, 6.07) is 5.89. The third-order valence-corrected chi connectivity index (χ3v) is 4.29. The lowest BCUT2D eigenvalue weighted by atomic mass is 10.2. The van der Waals surface area contributed by atoms with Crippen LogP contribution in [0.1, 0.15) is 38.2 Å². The highest BCUT2D eigenvalue weighted by molar-refractivity contribution is 5.85. The molecular formula is C19H26FN3O3. The summed E-state index contributed by atoms with van der Waals surface area (Å²) >= 11 is 0. The Labute approximate surface area is 153 Å². The molecule has 0 saturated heterocycles. The molecule has 142 valence electrons. The number of nitrogens with one attached hydrogen (secondary N) is 2. The maximum atomic E-state index is 12.9. The second-order valence-electron chi connectivity index (χ2n) is 6.48. The fourth-order valence-corrected chi connectivity index (χ4v) is 2.51. The lowest BCUT2D eigenvalue weighted by Gasteiger charge is -2.20. The Bertz CT molecular complexity index is 629. The van der Waals surface area contributed by atoms with Crippen molar-refractivity contribution in [3.05, 3.63) is 35.6 Å². The summed E-state index contributed by atoms with van der Waals surface area (Å²) in [5.74, 6) is -0.444. The highest BCUT2D eigenvalue weighted by atomic mass is 19.1. The fraction of sp³-hybridized carbons (Fsp3) is 0.526. The molecule has 0 heterocycles. The highest BCUT2D eigenvalue weighted by Crippen LogP contribution is 2.28. The Kier molecular flexibility index (Phi) is 7.56. The Morgan fingerprint density at radius 2 is 1.85 bits per heavy atom. The zero-order valence-corrected chi connectivity index (χ0v) is 15.1. The first-order chi connectivity index (χ1) is 12.5. The van der Waals surface area contributed by atoms with Gasteiger partial charge in [0.25, 0.3) is 0 Å². The monoisotopic (exact) mass is 363 g/mol. The number of carbonyl (C=O) groups excluding carboxylic acids is 3. The average Bonchev–Trinajstić information content (AvgIpc) is 3.47. The molecule has 0 bridgehead atoms. The van der Waals surface area contributed by atoms with Crippen LogP contribution < -0.4 is 10.6 Å². The van der Waals surface area contributed by atoms with Crippen molar-refractivity contribution < 1.29 is 18.8 Å². The lowest BCUT2D eigenvalue weighted by molar-refractivity contribution is -0.136. The second kappa shape index (κ2) is 9.89. The summed E-state index contributed by atoms with van der Waals surface area (Å²) in [5.41, 5.74) is 0.792. The normalized spacial score (nSPS) is 13.2. The molecule has 0 aromatic heterocycles. The van der Waals surface area contributed by atoms with Crippen molar-refractivity contribution >= 4 is 17.7 Å². The number of hydrogen-bond acceptors (Lipinski definition) is 3. The van der Waals surface area contributed by atoms with Crippen LogP contribution in [0.5, 0.6) is 0 Å². The maximum Gasteiger partial charge on any atom is 0.239 e. The Balaban J connectivity index is 1.65. The van der Waals surface area contributed by atoms with E-state index in [9.17, 15) is 18.8 Å². The number of carbonyl (C=O) groups is 3. The molecule has 0 radical (unpaired) electrons. The second-order valence-corrected chi connectivity index (χ2v) is 6.48. The van der Waals surface area contributed by atoms with Crippen LogP contribution in [0.2, 0.25) is 0 Å². The minimum Gasteiger partial charge on any atom is -0.356 e. The van der Waals surface area contributed by atoms with E-state index in [2.05, 4.69) is 10.6 Å². The van der Waals surface area contributed by atoms with E-state index in [1.54, 1.807) is 12.1 Å². The van der Waals surface area contributed by atoms with Gasteiger partial charge in [-0.15, -0.1) is 0 Å². The van der Waals surface area contributed by atoms with E-state index in [1.165, 1.54) is 17.0 Å². The maximum absolute atomic E-state index is 12.9. The highest BCUT2D eigenvalue weighted by Gasteiger charge is 2.29. The van der Waals surface area contributed by atoms with E-state index < -0.39 is 0 Å². The van der Waals surface area contributed by atoms with Gasteiger partial charge in [-0.25, -0.2) is 4.39 Å². The number of hydrogen-bond donors (Lipinski definition) is 2. The molecule has 1 aromatic carbocycles. The molecular weight excluding hydrogens is 337 g/mol. The summed E-state index contributed by atoms with van der Waals surface area (Å²) in [6.07, 6.45) is 2.78. The van der Waals surface area contributed by atoms with E-state index in [4.69, 9.17) is 0 Å². The summed E-state index contributed by atoms with van der Waals surface area (Å²) in [6.45, 7) is 3.02. The summed E-state index contributed by atoms with van der Waals surface area (Å²) in [7, 11) is 0. The van der Waals surface area contributed by atoms with Crippen LogP contribution in [0.4, 0.5) is 4.39 Å². The minimum atomic E-state index is -0.323. The zero-order chi connectivity index (χ0) is 18.9. The summed E-state index contributed by atoms with van der Waals surface area (Å²) in [4.78, 5) is 37.2. The van der Waals surface area contributed by atoms with Crippen LogP contribution >= 0.6 is 0 Å². The molecule has 7 heteroatoms. The van der Waals surface area contributed by atoms with Crippen LogP contribution in [-0.2, 0) is 20.9 Å². The molecule has 0 aliphatic heterocycles. The van der Waals surface area contributed by atoms with E-state index in [0.29, 0.717) is 25.9 Å². The van der Waals surface area contributed by atoms with Crippen LogP contribution in [-0.4, -0.2) is 42.3 Å². The smallest absolute Gasteiger partial charge is 0.239 e. The Hall–Kier alpha value is -2.44. The Morgan fingerprint density at radius 3 is 2.46 bits per heavy atom. The standard InChI is InChI=1S/C19H26FN3O3/c1-2-23(18(25)4-3-11-21-19(26)15-7-8-15)13-17(24)22-12-14-5-9-16(20)10-6-14/h5-6,9-10,15H,2-4,7-8,11-13H2,1H3,(H,21,26)(H,22,24). The molecule has 6 nitrogen and oxygen atoms in total. The van der Waals surface area contributed by atoms with E-state index in [1.807, 2.05) is 6.92 Å². The minimum absolute atomic E-state index is 0.00897.